The van der Waals surface area contributed by atoms with Crippen LogP contribution in [0.2, 0.25) is 0 Å². The molecule has 7 nitrogen and oxygen atoms in total. The number of hydrogen-bond donors (Lipinski definition) is 0. The van der Waals surface area contributed by atoms with Gasteiger partial charge in [-0.15, -0.1) is 0 Å². The summed E-state index contributed by atoms with van der Waals surface area (Å²) >= 11 is 0. The van der Waals surface area contributed by atoms with Crippen molar-refractivity contribution in [3.05, 3.63) is 173 Å². The molecular weight excluding hydrogens is 663 g/mol. The largest absolute Gasteiger partial charge is 0.519 e. The number of ether oxygens (including phenoxy) is 4. The second kappa shape index (κ2) is 16.2. The highest BCUT2D eigenvalue weighted by Gasteiger charge is 2.24. The standard InChI is InChI=1S/C46H41NO6/c1-32-9-6-10-35(29-32)16-15-34-17-23-38(24-18-34)47(39-11-7-13-43(30-39)50-5)40-12-8-14-44(31-40)53-45(49)52-42-27-21-37(22-28-42)46(3,4)36-19-25-41(26-20-36)51-33(2)48/h6-31H,1-5H3. The predicted molar refractivity (Wildman–Crippen MR) is 211 cm³/mol. The smallest absolute Gasteiger partial charge is 0.497 e. The normalized spacial score (nSPS) is 11.2. The van der Waals surface area contributed by atoms with Gasteiger partial charge in [0.05, 0.1) is 7.11 Å². The Kier molecular flexibility index (Phi) is 11.0. The van der Waals surface area contributed by atoms with Gasteiger partial charge in [0.15, 0.2) is 0 Å². The van der Waals surface area contributed by atoms with Crippen LogP contribution in [0.25, 0.3) is 12.2 Å². The number of carbonyl (C=O) groups is 2. The second-order valence-electron chi connectivity index (χ2n) is 13.1. The van der Waals surface area contributed by atoms with Crippen LogP contribution in [0.1, 0.15) is 48.6 Å². The van der Waals surface area contributed by atoms with Crippen molar-refractivity contribution < 1.29 is 28.5 Å². The molecule has 0 aliphatic carbocycles. The first kappa shape index (κ1) is 36.2. The first-order valence-corrected chi connectivity index (χ1v) is 17.3. The number of carbonyl (C=O) groups excluding carboxylic acids is 2. The van der Waals surface area contributed by atoms with Gasteiger partial charge < -0.3 is 23.8 Å². The number of benzene rings is 6. The van der Waals surface area contributed by atoms with Crippen LogP contribution in [0.4, 0.5) is 21.9 Å². The number of esters is 1. The van der Waals surface area contributed by atoms with Gasteiger partial charge in [-0.05, 0) is 89.8 Å². The number of methoxy groups -OCH3 is 1. The van der Waals surface area contributed by atoms with Gasteiger partial charge in [-0.1, -0.05) is 104 Å². The Morgan fingerprint density at radius 1 is 0.547 bits per heavy atom. The van der Waals surface area contributed by atoms with E-state index in [9.17, 15) is 9.59 Å². The van der Waals surface area contributed by atoms with Crippen molar-refractivity contribution in [2.45, 2.75) is 33.1 Å². The summed E-state index contributed by atoms with van der Waals surface area (Å²) in [5.41, 5.74) is 7.67. The van der Waals surface area contributed by atoms with E-state index in [1.807, 2.05) is 60.7 Å². The lowest BCUT2D eigenvalue weighted by Gasteiger charge is -2.26. The van der Waals surface area contributed by atoms with Crippen LogP contribution >= 0.6 is 0 Å². The lowest BCUT2D eigenvalue weighted by Crippen LogP contribution is -2.19. The van der Waals surface area contributed by atoms with Gasteiger partial charge in [-0.25, -0.2) is 4.79 Å². The van der Waals surface area contributed by atoms with Crippen LogP contribution in [-0.4, -0.2) is 19.2 Å². The molecule has 0 aromatic heterocycles. The summed E-state index contributed by atoms with van der Waals surface area (Å²) in [7, 11) is 1.64. The highest BCUT2D eigenvalue weighted by atomic mass is 16.7. The Hall–Kier alpha value is -6.60. The molecule has 0 unspecified atom stereocenters. The van der Waals surface area contributed by atoms with E-state index in [4.69, 9.17) is 18.9 Å². The summed E-state index contributed by atoms with van der Waals surface area (Å²) in [6.07, 6.45) is 3.34. The van der Waals surface area contributed by atoms with E-state index >= 15 is 0 Å². The third-order valence-corrected chi connectivity index (χ3v) is 8.86. The Morgan fingerprint density at radius 2 is 1.08 bits per heavy atom. The van der Waals surface area contributed by atoms with E-state index in [1.54, 1.807) is 43.5 Å². The summed E-state index contributed by atoms with van der Waals surface area (Å²) in [6, 6.07) is 46.4. The van der Waals surface area contributed by atoms with Crippen LogP contribution < -0.4 is 23.8 Å². The van der Waals surface area contributed by atoms with Crippen molar-refractivity contribution in [2.75, 3.05) is 12.0 Å². The molecule has 6 rings (SSSR count). The number of aryl methyl sites for hydroxylation is 1. The molecule has 6 aromatic carbocycles. The van der Waals surface area contributed by atoms with Crippen molar-refractivity contribution in [2.24, 2.45) is 0 Å². The highest BCUT2D eigenvalue weighted by Crippen LogP contribution is 2.38. The molecule has 0 radical (unpaired) electrons. The zero-order chi connectivity index (χ0) is 37.4. The number of anilines is 3. The van der Waals surface area contributed by atoms with Crippen molar-refractivity contribution in [1.29, 1.82) is 0 Å². The van der Waals surface area contributed by atoms with Gasteiger partial charge in [0, 0.05) is 41.5 Å². The van der Waals surface area contributed by atoms with Crippen LogP contribution in [0.3, 0.4) is 0 Å². The minimum absolute atomic E-state index is 0.327. The summed E-state index contributed by atoms with van der Waals surface area (Å²) in [5, 5.41) is 0. The second-order valence-corrected chi connectivity index (χ2v) is 13.1. The quantitative estimate of drug-likeness (QED) is 0.0575. The van der Waals surface area contributed by atoms with E-state index in [1.165, 1.54) is 12.5 Å². The monoisotopic (exact) mass is 703 g/mol. The average molecular weight is 704 g/mol. The van der Waals surface area contributed by atoms with Crippen LogP contribution in [0, 0.1) is 6.92 Å². The number of nitrogens with zero attached hydrogens (tertiary/aromatic N) is 1. The molecule has 0 saturated heterocycles. The molecule has 6 aromatic rings. The number of rotatable bonds is 11. The fraction of sp³-hybridized carbons (Fsp3) is 0.130. The predicted octanol–water partition coefficient (Wildman–Crippen LogP) is 11.5. The molecular formula is C46H41NO6. The molecule has 53 heavy (non-hydrogen) atoms. The maximum atomic E-state index is 13.0. The van der Waals surface area contributed by atoms with Crippen LogP contribution in [0.15, 0.2) is 146 Å². The topological polar surface area (TPSA) is 74.3 Å². The Morgan fingerprint density at radius 3 is 1.66 bits per heavy atom. The fourth-order valence-electron chi connectivity index (χ4n) is 6.01. The molecule has 0 N–H and O–H groups in total. The van der Waals surface area contributed by atoms with Gasteiger partial charge >= 0.3 is 12.1 Å². The summed E-state index contributed by atoms with van der Waals surface area (Å²) < 4.78 is 22.0. The molecule has 0 fully saturated rings. The Balaban J connectivity index is 1.17. The molecule has 0 heterocycles. The summed E-state index contributed by atoms with van der Waals surface area (Å²) in [6.45, 7) is 7.65. The van der Waals surface area contributed by atoms with E-state index < -0.39 is 6.16 Å². The number of hydrogen-bond acceptors (Lipinski definition) is 7. The van der Waals surface area contributed by atoms with Crippen molar-refractivity contribution >= 4 is 41.3 Å². The van der Waals surface area contributed by atoms with E-state index in [0.717, 1.165) is 39.3 Å². The third kappa shape index (κ3) is 9.20. The maximum Gasteiger partial charge on any atom is 0.519 e. The lowest BCUT2D eigenvalue weighted by atomic mass is 9.78. The highest BCUT2D eigenvalue weighted by molar-refractivity contribution is 5.80. The fourth-order valence-corrected chi connectivity index (χ4v) is 6.01. The van der Waals surface area contributed by atoms with Crippen LogP contribution in [-0.2, 0) is 10.2 Å². The maximum absolute atomic E-state index is 13.0. The Bertz CT molecular complexity index is 2220. The summed E-state index contributed by atoms with van der Waals surface area (Å²) in [5.74, 6) is 1.53. The van der Waals surface area contributed by atoms with Gasteiger partial charge in [-0.3, -0.25) is 4.79 Å². The van der Waals surface area contributed by atoms with E-state index in [0.29, 0.717) is 23.0 Å². The van der Waals surface area contributed by atoms with Gasteiger partial charge in [0.2, 0.25) is 0 Å². The zero-order valence-corrected chi connectivity index (χ0v) is 30.4. The van der Waals surface area contributed by atoms with Crippen LogP contribution in [0.5, 0.6) is 23.0 Å². The van der Waals surface area contributed by atoms with Gasteiger partial charge in [-0.2, -0.15) is 0 Å². The molecule has 0 spiro atoms. The van der Waals surface area contributed by atoms with Gasteiger partial charge in [0.25, 0.3) is 0 Å². The molecule has 0 aliphatic rings. The molecule has 0 saturated carbocycles. The Labute approximate surface area is 310 Å². The molecule has 0 bridgehead atoms. The molecule has 7 heteroatoms. The first-order valence-electron chi connectivity index (χ1n) is 17.3. The SMILES string of the molecule is COc1cccc(N(c2ccc(C=Cc3cccc(C)c3)cc2)c2cccc(OC(=O)Oc3ccc(C(C)(C)c4ccc(OC(C)=O)cc4)cc3)c2)c1. The molecule has 266 valence electrons. The summed E-state index contributed by atoms with van der Waals surface area (Å²) in [4.78, 5) is 26.4. The molecule has 0 amide bonds. The molecule has 0 aliphatic heterocycles. The van der Waals surface area contributed by atoms with E-state index in [-0.39, 0.29) is 11.4 Å². The van der Waals surface area contributed by atoms with Gasteiger partial charge in [0.1, 0.15) is 23.0 Å². The van der Waals surface area contributed by atoms with Crippen molar-refractivity contribution in [3.63, 3.8) is 0 Å². The van der Waals surface area contributed by atoms with E-state index in [2.05, 4.69) is 86.4 Å². The molecule has 0 atom stereocenters. The zero-order valence-electron chi connectivity index (χ0n) is 30.4. The van der Waals surface area contributed by atoms with Crippen molar-refractivity contribution in [1.82, 2.24) is 0 Å². The minimum Gasteiger partial charge on any atom is -0.497 e. The average Bonchev–Trinajstić information content (AvgIpc) is 3.15. The van der Waals surface area contributed by atoms with Crippen molar-refractivity contribution in [3.8, 4) is 23.0 Å². The lowest BCUT2D eigenvalue weighted by molar-refractivity contribution is -0.131. The first-order chi connectivity index (χ1) is 25.6. The third-order valence-electron chi connectivity index (χ3n) is 8.86. The minimum atomic E-state index is -0.854.